The Morgan fingerprint density at radius 2 is 2.37 bits per heavy atom. The average molecular weight is 275 g/mol. The van der Waals surface area contributed by atoms with Crippen molar-refractivity contribution in [3.8, 4) is 0 Å². The summed E-state index contributed by atoms with van der Waals surface area (Å²) in [5.74, 6) is -0.0741. The zero-order valence-electron chi connectivity index (χ0n) is 11.1. The van der Waals surface area contributed by atoms with E-state index >= 15 is 0 Å². The van der Waals surface area contributed by atoms with E-state index in [1.54, 1.807) is 17.4 Å². The number of carbonyl (C=O) groups is 1. The third-order valence-electron chi connectivity index (χ3n) is 2.67. The minimum absolute atomic E-state index is 0.0741. The van der Waals surface area contributed by atoms with Crippen LogP contribution < -0.4 is 5.32 Å². The third-order valence-corrected chi connectivity index (χ3v) is 3.51. The molecule has 0 unspecified atom stereocenters. The first-order valence-electron chi connectivity index (χ1n) is 6.15. The van der Waals surface area contributed by atoms with Gasteiger partial charge in [-0.15, -0.1) is 11.3 Å². The molecule has 0 aliphatic carbocycles. The van der Waals surface area contributed by atoms with E-state index in [1.807, 2.05) is 48.2 Å². The monoisotopic (exact) mass is 275 g/mol. The summed E-state index contributed by atoms with van der Waals surface area (Å²) >= 11 is 1.61. The standard InChI is InChI=1S/C14H17N3OS/c1-11-10-12(2)17(16-11)8-7-15-14(18)6-5-13-4-3-9-19-13/h3-6,9-10H,7-8H2,1-2H3,(H,15,18). The zero-order chi connectivity index (χ0) is 13.7. The summed E-state index contributed by atoms with van der Waals surface area (Å²) in [6.45, 7) is 5.25. The first kappa shape index (κ1) is 13.5. The topological polar surface area (TPSA) is 46.9 Å². The Kier molecular flexibility index (Phi) is 4.52. The molecule has 0 aromatic carbocycles. The van der Waals surface area contributed by atoms with Crippen LogP contribution in [0.2, 0.25) is 0 Å². The van der Waals surface area contributed by atoms with Gasteiger partial charge in [-0.25, -0.2) is 0 Å². The van der Waals surface area contributed by atoms with Crippen LogP contribution in [-0.2, 0) is 11.3 Å². The Hall–Kier alpha value is -1.88. The van der Waals surface area contributed by atoms with Crippen molar-refractivity contribution in [1.29, 1.82) is 0 Å². The number of amides is 1. The van der Waals surface area contributed by atoms with E-state index in [-0.39, 0.29) is 5.91 Å². The number of aromatic nitrogens is 2. The maximum Gasteiger partial charge on any atom is 0.244 e. The number of carbonyl (C=O) groups excluding carboxylic acids is 1. The minimum Gasteiger partial charge on any atom is -0.351 e. The largest absolute Gasteiger partial charge is 0.351 e. The van der Waals surface area contributed by atoms with Crippen LogP contribution in [0.5, 0.6) is 0 Å². The normalized spacial score (nSPS) is 11.1. The molecule has 0 spiro atoms. The van der Waals surface area contributed by atoms with Crippen molar-refractivity contribution in [2.75, 3.05) is 6.54 Å². The molecule has 0 radical (unpaired) electrons. The number of thiophene rings is 1. The molecule has 0 aliphatic rings. The second-order valence-electron chi connectivity index (χ2n) is 4.29. The highest BCUT2D eigenvalue weighted by Gasteiger charge is 2.01. The molecule has 19 heavy (non-hydrogen) atoms. The van der Waals surface area contributed by atoms with E-state index in [2.05, 4.69) is 10.4 Å². The van der Waals surface area contributed by atoms with Crippen LogP contribution >= 0.6 is 11.3 Å². The molecule has 2 heterocycles. The average Bonchev–Trinajstić information content (AvgIpc) is 2.97. The fourth-order valence-corrected chi connectivity index (χ4v) is 2.41. The fraction of sp³-hybridized carbons (Fsp3) is 0.286. The Bertz CT molecular complexity index is 570. The molecule has 2 rings (SSSR count). The number of aryl methyl sites for hydroxylation is 2. The van der Waals surface area contributed by atoms with E-state index in [1.165, 1.54) is 0 Å². The van der Waals surface area contributed by atoms with Crippen molar-refractivity contribution >= 4 is 23.3 Å². The first-order chi connectivity index (χ1) is 9.15. The minimum atomic E-state index is -0.0741. The summed E-state index contributed by atoms with van der Waals surface area (Å²) in [5.41, 5.74) is 2.11. The molecule has 2 aromatic rings. The van der Waals surface area contributed by atoms with Gasteiger partial charge >= 0.3 is 0 Å². The Morgan fingerprint density at radius 3 is 3.00 bits per heavy atom. The van der Waals surface area contributed by atoms with Crippen molar-refractivity contribution in [2.45, 2.75) is 20.4 Å². The van der Waals surface area contributed by atoms with Crippen molar-refractivity contribution in [3.63, 3.8) is 0 Å². The highest BCUT2D eigenvalue weighted by atomic mass is 32.1. The van der Waals surface area contributed by atoms with Crippen LogP contribution in [0, 0.1) is 13.8 Å². The lowest BCUT2D eigenvalue weighted by Crippen LogP contribution is -2.26. The summed E-state index contributed by atoms with van der Waals surface area (Å²) in [6.07, 6.45) is 3.39. The fourth-order valence-electron chi connectivity index (χ4n) is 1.79. The van der Waals surface area contributed by atoms with Crippen LogP contribution in [0.4, 0.5) is 0 Å². The molecular formula is C14H17N3OS. The molecule has 0 saturated heterocycles. The van der Waals surface area contributed by atoms with Gasteiger partial charge in [-0.2, -0.15) is 5.10 Å². The van der Waals surface area contributed by atoms with Crippen molar-refractivity contribution in [1.82, 2.24) is 15.1 Å². The predicted molar refractivity (Wildman–Crippen MR) is 78.1 cm³/mol. The van der Waals surface area contributed by atoms with E-state index in [0.29, 0.717) is 13.1 Å². The number of rotatable bonds is 5. The molecule has 0 aliphatic heterocycles. The first-order valence-corrected chi connectivity index (χ1v) is 7.03. The van der Waals surface area contributed by atoms with Gasteiger partial charge in [0.25, 0.3) is 0 Å². The highest BCUT2D eigenvalue weighted by Crippen LogP contribution is 2.09. The van der Waals surface area contributed by atoms with Gasteiger partial charge in [0, 0.05) is 23.2 Å². The number of hydrogen-bond acceptors (Lipinski definition) is 3. The SMILES string of the molecule is Cc1cc(C)n(CCNC(=O)C=Cc2cccs2)n1. The van der Waals surface area contributed by atoms with Crippen LogP contribution in [0.1, 0.15) is 16.3 Å². The van der Waals surface area contributed by atoms with Crippen LogP contribution in [-0.4, -0.2) is 22.2 Å². The Balaban J connectivity index is 1.76. The maximum absolute atomic E-state index is 11.6. The Labute approximate surface area is 116 Å². The lowest BCUT2D eigenvalue weighted by atomic mass is 10.4. The molecule has 0 saturated carbocycles. The summed E-state index contributed by atoms with van der Waals surface area (Å²) in [7, 11) is 0. The molecule has 2 aromatic heterocycles. The van der Waals surface area contributed by atoms with Gasteiger partial charge in [-0.3, -0.25) is 9.48 Å². The summed E-state index contributed by atoms with van der Waals surface area (Å²) in [5, 5.41) is 9.18. The number of hydrogen-bond donors (Lipinski definition) is 1. The molecule has 4 nitrogen and oxygen atoms in total. The zero-order valence-corrected chi connectivity index (χ0v) is 11.9. The third kappa shape index (κ3) is 4.06. The van der Waals surface area contributed by atoms with Crippen LogP contribution in [0.25, 0.3) is 6.08 Å². The lowest BCUT2D eigenvalue weighted by molar-refractivity contribution is -0.116. The van der Waals surface area contributed by atoms with Gasteiger partial charge in [0.05, 0.1) is 12.2 Å². The lowest BCUT2D eigenvalue weighted by Gasteiger charge is -2.04. The van der Waals surface area contributed by atoms with Gasteiger partial charge in [0.2, 0.25) is 5.91 Å². The second kappa shape index (κ2) is 6.33. The summed E-state index contributed by atoms with van der Waals surface area (Å²) < 4.78 is 1.90. The quantitative estimate of drug-likeness (QED) is 0.852. The van der Waals surface area contributed by atoms with Crippen LogP contribution in [0.3, 0.4) is 0 Å². The van der Waals surface area contributed by atoms with Gasteiger partial charge in [-0.1, -0.05) is 6.07 Å². The van der Waals surface area contributed by atoms with E-state index in [0.717, 1.165) is 16.3 Å². The number of nitrogens with zero attached hydrogens (tertiary/aromatic N) is 2. The molecule has 0 fully saturated rings. The summed E-state index contributed by atoms with van der Waals surface area (Å²) in [4.78, 5) is 12.7. The van der Waals surface area contributed by atoms with E-state index in [9.17, 15) is 4.79 Å². The van der Waals surface area contributed by atoms with Crippen molar-refractivity contribution in [2.24, 2.45) is 0 Å². The smallest absolute Gasteiger partial charge is 0.244 e. The molecule has 5 heteroatoms. The van der Waals surface area contributed by atoms with Gasteiger partial charge in [-0.05, 0) is 37.4 Å². The summed E-state index contributed by atoms with van der Waals surface area (Å²) in [6, 6.07) is 5.97. The molecule has 0 atom stereocenters. The second-order valence-corrected chi connectivity index (χ2v) is 5.27. The van der Waals surface area contributed by atoms with Crippen molar-refractivity contribution < 1.29 is 4.79 Å². The van der Waals surface area contributed by atoms with Gasteiger partial charge in [0.1, 0.15) is 0 Å². The van der Waals surface area contributed by atoms with Gasteiger partial charge < -0.3 is 5.32 Å². The highest BCUT2D eigenvalue weighted by molar-refractivity contribution is 7.10. The molecule has 1 amide bonds. The molecule has 1 N–H and O–H groups in total. The Morgan fingerprint density at radius 1 is 1.53 bits per heavy atom. The number of nitrogens with one attached hydrogen (secondary N) is 1. The molecular weight excluding hydrogens is 258 g/mol. The molecule has 100 valence electrons. The predicted octanol–water partition coefficient (Wildman–Crippen LogP) is 2.39. The van der Waals surface area contributed by atoms with E-state index < -0.39 is 0 Å². The molecule has 0 bridgehead atoms. The van der Waals surface area contributed by atoms with E-state index in [4.69, 9.17) is 0 Å². The van der Waals surface area contributed by atoms with Crippen LogP contribution in [0.15, 0.2) is 29.7 Å². The van der Waals surface area contributed by atoms with Crippen molar-refractivity contribution in [3.05, 3.63) is 45.9 Å². The van der Waals surface area contributed by atoms with Gasteiger partial charge in [0.15, 0.2) is 0 Å². The maximum atomic E-state index is 11.6.